The first-order valence-electron chi connectivity index (χ1n) is 6.36. The highest BCUT2D eigenvalue weighted by Crippen LogP contribution is 2.46. The fourth-order valence-electron chi connectivity index (χ4n) is 2.60. The third kappa shape index (κ3) is 2.51. The summed E-state index contributed by atoms with van der Waals surface area (Å²) in [5.41, 5.74) is 11.1. The minimum Gasteiger partial charge on any atom is -0.392 e. The SMILES string of the molecule is CC1CC(C(=O)Nc2ccc(C(N)=O)cc2)(C(N)=S)C1. The Morgan fingerprint density at radius 1 is 1.25 bits per heavy atom. The number of nitrogens with two attached hydrogens (primary N) is 2. The molecule has 106 valence electrons. The first-order valence-corrected chi connectivity index (χ1v) is 6.77. The molecule has 0 aliphatic heterocycles. The number of carbonyl (C=O) groups is 2. The molecule has 6 heteroatoms. The number of benzene rings is 1. The van der Waals surface area contributed by atoms with Gasteiger partial charge in [-0.15, -0.1) is 0 Å². The average Bonchev–Trinajstić information content (AvgIpc) is 2.34. The van der Waals surface area contributed by atoms with E-state index in [1.807, 2.05) is 0 Å². The molecule has 0 bridgehead atoms. The van der Waals surface area contributed by atoms with Crippen molar-refractivity contribution in [3.8, 4) is 0 Å². The first-order chi connectivity index (χ1) is 9.35. The molecule has 5 N–H and O–H groups in total. The van der Waals surface area contributed by atoms with Crippen LogP contribution in [0.15, 0.2) is 24.3 Å². The number of primary amides is 1. The molecule has 0 spiro atoms. The van der Waals surface area contributed by atoms with Gasteiger partial charge in [-0.2, -0.15) is 0 Å². The van der Waals surface area contributed by atoms with Crippen molar-refractivity contribution in [1.82, 2.24) is 0 Å². The van der Waals surface area contributed by atoms with Crippen molar-refractivity contribution in [2.45, 2.75) is 19.8 Å². The van der Waals surface area contributed by atoms with Crippen molar-refractivity contribution < 1.29 is 9.59 Å². The topological polar surface area (TPSA) is 98.2 Å². The van der Waals surface area contributed by atoms with Gasteiger partial charge in [-0.3, -0.25) is 9.59 Å². The van der Waals surface area contributed by atoms with Crippen LogP contribution in [0.1, 0.15) is 30.1 Å². The Hall–Kier alpha value is -1.95. The summed E-state index contributed by atoms with van der Waals surface area (Å²) in [6.07, 6.45) is 1.35. The zero-order chi connectivity index (χ0) is 14.9. The van der Waals surface area contributed by atoms with Gasteiger partial charge in [0.2, 0.25) is 11.8 Å². The number of rotatable bonds is 4. The van der Waals surface area contributed by atoms with Gasteiger partial charge in [0.15, 0.2) is 0 Å². The van der Waals surface area contributed by atoms with Crippen molar-refractivity contribution in [3.05, 3.63) is 29.8 Å². The van der Waals surface area contributed by atoms with E-state index in [0.717, 1.165) is 0 Å². The van der Waals surface area contributed by atoms with Crippen molar-refractivity contribution in [1.29, 1.82) is 0 Å². The molecule has 2 rings (SSSR count). The molecule has 1 aliphatic rings. The van der Waals surface area contributed by atoms with E-state index in [0.29, 0.717) is 30.0 Å². The van der Waals surface area contributed by atoms with Gasteiger partial charge in [0.1, 0.15) is 0 Å². The molecule has 0 heterocycles. The predicted octanol–water partition coefficient (Wildman–Crippen LogP) is 1.43. The summed E-state index contributed by atoms with van der Waals surface area (Å²) in [5.74, 6) is -0.246. The highest BCUT2D eigenvalue weighted by Gasteiger charge is 2.50. The Balaban J connectivity index is 2.11. The summed E-state index contributed by atoms with van der Waals surface area (Å²) in [7, 11) is 0. The molecule has 1 aromatic rings. The van der Waals surface area contributed by atoms with Crippen LogP contribution in [0.3, 0.4) is 0 Å². The number of hydrogen-bond acceptors (Lipinski definition) is 3. The third-order valence-corrected chi connectivity index (χ3v) is 4.12. The average molecular weight is 291 g/mol. The van der Waals surface area contributed by atoms with Crippen LogP contribution in [0, 0.1) is 11.3 Å². The number of hydrogen-bond donors (Lipinski definition) is 3. The molecule has 1 aliphatic carbocycles. The van der Waals surface area contributed by atoms with Crippen LogP contribution in [0.4, 0.5) is 5.69 Å². The zero-order valence-electron chi connectivity index (χ0n) is 11.2. The van der Waals surface area contributed by atoms with E-state index >= 15 is 0 Å². The van der Waals surface area contributed by atoms with Crippen LogP contribution in [0.25, 0.3) is 0 Å². The maximum Gasteiger partial charge on any atom is 0.248 e. The standard InChI is InChI=1S/C14H17N3O2S/c1-8-6-14(7-8,12(16)20)13(19)17-10-4-2-9(3-5-10)11(15)18/h2-5,8H,6-7H2,1H3,(H2,15,18)(H2,16,20)(H,17,19). The summed E-state index contributed by atoms with van der Waals surface area (Å²) in [6, 6.07) is 6.39. The second-order valence-corrected chi connectivity index (χ2v) is 5.80. The summed E-state index contributed by atoms with van der Waals surface area (Å²) in [6.45, 7) is 2.06. The number of thiocarbonyl (C=S) groups is 1. The fraction of sp³-hybridized carbons (Fsp3) is 0.357. The Morgan fingerprint density at radius 2 is 1.80 bits per heavy atom. The van der Waals surface area contributed by atoms with E-state index in [1.165, 1.54) is 0 Å². The molecule has 5 nitrogen and oxygen atoms in total. The van der Waals surface area contributed by atoms with Gasteiger partial charge in [-0.25, -0.2) is 0 Å². The normalized spacial score (nSPS) is 24.6. The predicted molar refractivity (Wildman–Crippen MR) is 81.2 cm³/mol. The van der Waals surface area contributed by atoms with Crippen LogP contribution in [-0.2, 0) is 4.79 Å². The van der Waals surface area contributed by atoms with Crippen LogP contribution >= 0.6 is 12.2 Å². The van der Waals surface area contributed by atoms with E-state index in [9.17, 15) is 9.59 Å². The lowest BCUT2D eigenvalue weighted by Crippen LogP contribution is -2.53. The second kappa shape index (κ2) is 5.20. The maximum absolute atomic E-state index is 12.4. The molecule has 0 unspecified atom stereocenters. The van der Waals surface area contributed by atoms with Gasteiger partial charge < -0.3 is 16.8 Å². The zero-order valence-corrected chi connectivity index (χ0v) is 12.0. The van der Waals surface area contributed by atoms with Gasteiger partial charge in [0, 0.05) is 11.3 Å². The minimum absolute atomic E-state index is 0.185. The molecule has 0 saturated heterocycles. The van der Waals surface area contributed by atoms with Crippen molar-refractivity contribution in [2.75, 3.05) is 5.32 Å². The number of nitrogens with one attached hydrogen (secondary N) is 1. The quantitative estimate of drug-likeness (QED) is 0.731. The van der Waals surface area contributed by atoms with E-state index in [-0.39, 0.29) is 10.9 Å². The van der Waals surface area contributed by atoms with E-state index in [4.69, 9.17) is 23.7 Å². The fourth-order valence-corrected chi connectivity index (χ4v) is 2.86. The second-order valence-electron chi connectivity index (χ2n) is 5.36. The van der Waals surface area contributed by atoms with Crippen LogP contribution in [-0.4, -0.2) is 16.8 Å². The smallest absolute Gasteiger partial charge is 0.248 e. The molecule has 20 heavy (non-hydrogen) atoms. The maximum atomic E-state index is 12.4. The molecule has 1 aromatic carbocycles. The molecule has 1 saturated carbocycles. The highest BCUT2D eigenvalue weighted by molar-refractivity contribution is 7.80. The third-order valence-electron chi connectivity index (χ3n) is 3.73. The molecular formula is C14H17N3O2S. The minimum atomic E-state index is -0.739. The Morgan fingerprint density at radius 3 is 2.20 bits per heavy atom. The largest absolute Gasteiger partial charge is 0.392 e. The van der Waals surface area contributed by atoms with Crippen molar-refractivity contribution >= 4 is 34.7 Å². The van der Waals surface area contributed by atoms with Crippen LogP contribution < -0.4 is 16.8 Å². The molecule has 0 radical (unpaired) electrons. The lowest BCUT2D eigenvalue weighted by atomic mass is 9.62. The molecule has 0 aromatic heterocycles. The first kappa shape index (κ1) is 14.5. The van der Waals surface area contributed by atoms with E-state index in [1.54, 1.807) is 24.3 Å². The lowest BCUT2D eigenvalue weighted by Gasteiger charge is -2.44. The molecule has 1 fully saturated rings. The van der Waals surface area contributed by atoms with Gasteiger partial charge >= 0.3 is 0 Å². The summed E-state index contributed by atoms with van der Waals surface area (Å²) in [4.78, 5) is 23.6. The summed E-state index contributed by atoms with van der Waals surface area (Å²) in [5, 5.41) is 2.79. The van der Waals surface area contributed by atoms with Crippen molar-refractivity contribution in [2.24, 2.45) is 22.8 Å². The monoisotopic (exact) mass is 291 g/mol. The van der Waals surface area contributed by atoms with E-state index < -0.39 is 11.3 Å². The van der Waals surface area contributed by atoms with Crippen LogP contribution in [0.5, 0.6) is 0 Å². The highest BCUT2D eigenvalue weighted by atomic mass is 32.1. The van der Waals surface area contributed by atoms with Crippen molar-refractivity contribution in [3.63, 3.8) is 0 Å². The van der Waals surface area contributed by atoms with Gasteiger partial charge in [-0.05, 0) is 43.0 Å². The molecule has 0 atom stereocenters. The summed E-state index contributed by atoms with van der Waals surface area (Å²) >= 11 is 5.04. The van der Waals surface area contributed by atoms with E-state index in [2.05, 4.69) is 12.2 Å². The number of amides is 2. The Kier molecular flexibility index (Phi) is 3.76. The van der Waals surface area contributed by atoms with Crippen LogP contribution in [0.2, 0.25) is 0 Å². The molecule has 2 amide bonds. The van der Waals surface area contributed by atoms with Gasteiger partial charge in [-0.1, -0.05) is 19.1 Å². The Labute approximate surface area is 122 Å². The van der Waals surface area contributed by atoms with Gasteiger partial charge in [0.25, 0.3) is 0 Å². The van der Waals surface area contributed by atoms with Gasteiger partial charge in [0.05, 0.1) is 10.4 Å². The molecular weight excluding hydrogens is 274 g/mol. The number of anilines is 1. The Bertz CT molecular complexity index is 562. The summed E-state index contributed by atoms with van der Waals surface area (Å²) < 4.78 is 0. The lowest BCUT2D eigenvalue weighted by molar-refractivity contribution is -0.127. The number of carbonyl (C=O) groups excluding carboxylic acids is 2.